The van der Waals surface area contributed by atoms with Crippen LogP contribution >= 0.6 is 11.3 Å². The van der Waals surface area contributed by atoms with E-state index in [-0.39, 0.29) is 5.91 Å². The zero-order chi connectivity index (χ0) is 18.5. The highest BCUT2D eigenvalue weighted by atomic mass is 32.1. The van der Waals surface area contributed by atoms with Gasteiger partial charge in [-0.2, -0.15) is 4.99 Å². The standard InChI is InChI=1S/C21H24N2O2S/c1-4-14-23-19-17(25-3)12-10-15(2)20(19)26-21(23)22-18(24)13-11-16-8-6-5-7-9-16/h5-10,12H,4,11,13-14H2,1-3H3. The number of methoxy groups -OCH3 is 1. The molecular weight excluding hydrogens is 344 g/mol. The Morgan fingerprint density at radius 3 is 2.65 bits per heavy atom. The van der Waals surface area contributed by atoms with Crippen LogP contribution in [0.1, 0.15) is 30.9 Å². The number of ether oxygens (including phenoxy) is 1. The van der Waals surface area contributed by atoms with Gasteiger partial charge in [0.2, 0.25) is 5.91 Å². The third-order valence-electron chi connectivity index (χ3n) is 4.34. The molecule has 0 unspecified atom stereocenters. The fourth-order valence-corrected chi connectivity index (χ4v) is 4.18. The van der Waals surface area contributed by atoms with Gasteiger partial charge in [0.05, 0.1) is 11.8 Å². The van der Waals surface area contributed by atoms with E-state index in [1.807, 2.05) is 36.4 Å². The Morgan fingerprint density at radius 1 is 1.19 bits per heavy atom. The van der Waals surface area contributed by atoms with Crippen LogP contribution in [0.5, 0.6) is 5.75 Å². The number of aromatic nitrogens is 1. The number of rotatable bonds is 6. The summed E-state index contributed by atoms with van der Waals surface area (Å²) in [4.78, 5) is 17.6. The van der Waals surface area contributed by atoms with Crippen LogP contribution in [0, 0.1) is 6.92 Å². The van der Waals surface area contributed by atoms with Crippen molar-refractivity contribution in [3.05, 3.63) is 58.4 Å². The molecule has 4 nitrogen and oxygen atoms in total. The topological polar surface area (TPSA) is 43.6 Å². The summed E-state index contributed by atoms with van der Waals surface area (Å²) in [5.74, 6) is 0.746. The van der Waals surface area contributed by atoms with Crippen LogP contribution in [0.3, 0.4) is 0 Å². The Kier molecular flexibility index (Phi) is 5.89. The number of benzene rings is 2. The van der Waals surface area contributed by atoms with E-state index in [1.165, 1.54) is 5.56 Å². The maximum atomic E-state index is 12.5. The van der Waals surface area contributed by atoms with Gasteiger partial charge in [0, 0.05) is 13.0 Å². The molecule has 0 aliphatic rings. The zero-order valence-corrected chi connectivity index (χ0v) is 16.3. The summed E-state index contributed by atoms with van der Waals surface area (Å²) in [5, 5.41) is 0. The molecule has 1 aromatic heterocycles. The molecule has 26 heavy (non-hydrogen) atoms. The molecule has 0 bridgehead atoms. The summed E-state index contributed by atoms with van der Waals surface area (Å²) >= 11 is 1.57. The van der Waals surface area contributed by atoms with Crippen molar-refractivity contribution in [2.75, 3.05) is 7.11 Å². The number of nitrogens with zero attached hydrogens (tertiary/aromatic N) is 2. The Balaban J connectivity index is 1.97. The van der Waals surface area contributed by atoms with Gasteiger partial charge in [-0.05, 0) is 37.0 Å². The lowest BCUT2D eigenvalue weighted by Gasteiger charge is -2.08. The largest absolute Gasteiger partial charge is 0.495 e. The fraction of sp³-hybridized carbons (Fsp3) is 0.333. The molecular formula is C21H24N2O2S. The molecule has 136 valence electrons. The lowest BCUT2D eigenvalue weighted by molar-refractivity contribution is -0.118. The lowest BCUT2D eigenvalue weighted by atomic mass is 10.1. The van der Waals surface area contributed by atoms with E-state index in [1.54, 1.807) is 18.4 Å². The second-order valence-electron chi connectivity index (χ2n) is 6.29. The van der Waals surface area contributed by atoms with E-state index in [9.17, 15) is 4.79 Å². The van der Waals surface area contributed by atoms with Crippen molar-refractivity contribution < 1.29 is 9.53 Å². The van der Waals surface area contributed by atoms with Gasteiger partial charge in [0.1, 0.15) is 11.3 Å². The van der Waals surface area contributed by atoms with Crippen LogP contribution in [-0.2, 0) is 17.8 Å². The lowest BCUT2D eigenvalue weighted by Crippen LogP contribution is -2.17. The van der Waals surface area contributed by atoms with E-state index in [2.05, 4.69) is 29.5 Å². The molecule has 1 amide bonds. The molecule has 0 radical (unpaired) electrons. The molecule has 0 fully saturated rings. The third-order valence-corrected chi connectivity index (χ3v) is 5.56. The van der Waals surface area contributed by atoms with Gasteiger partial charge in [-0.3, -0.25) is 4.79 Å². The number of carbonyl (C=O) groups excluding carboxylic acids is 1. The van der Waals surface area contributed by atoms with E-state index < -0.39 is 0 Å². The fourth-order valence-electron chi connectivity index (χ4n) is 3.02. The molecule has 0 saturated heterocycles. The summed E-state index contributed by atoms with van der Waals surface area (Å²) in [6, 6.07) is 14.1. The Hall–Kier alpha value is -2.40. The summed E-state index contributed by atoms with van der Waals surface area (Å²) < 4.78 is 8.80. The predicted molar refractivity (Wildman–Crippen MR) is 107 cm³/mol. The van der Waals surface area contributed by atoms with Crippen molar-refractivity contribution in [1.82, 2.24) is 4.57 Å². The van der Waals surface area contributed by atoms with E-state index >= 15 is 0 Å². The van der Waals surface area contributed by atoms with Gasteiger partial charge in [-0.15, -0.1) is 0 Å². The number of aryl methyl sites for hydroxylation is 3. The van der Waals surface area contributed by atoms with Gasteiger partial charge >= 0.3 is 0 Å². The minimum atomic E-state index is -0.0816. The summed E-state index contributed by atoms with van der Waals surface area (Å²) in [7, 11) is 1.68. The first-order valence-corrected chi connectivity index (χ1v) is 9.74. The molecule has 0 aliphatic heterocycles. The number of amides is 1. The molecule has 2 aromatic carbocycles. The zero-order valence-electron chi connectivity index (χ0n) is 15.5. The van der Waals surface area contributed by atoms with Crippen LogP contribution in [0.4, 0.5) is 0 Å². The van der Waals surface area contributed by atoms with Crippen LogP contribution in [0.15, 0.2) is 47.5 Å². The van der Waals surface area contributed by atoms with E-state index in [0.717, 1.165) is 39.3 Å². The summed E-state index contributed by atoms with van der Waals surface area (Å²) in [6.07, 6.45) is 2.10. The minimum absolute atomic E-state index is 0.0816. The van der Waals surface area contributed by atoms with Gasteiger partial charge < -0.3 is 9.30 Å². The average molecular weight is 369 g/mol. The van der Waals surface area contributed by atoms with Crippen molar-refractivity contribution in [3.8, 4) is 5.75 Å². The monoisotopic (exact) mass is 368 g/mol. The quantitative estimate of drug-likeness (QED) is 0.643. The molecule has 5 heteroatoms. The second kappa shape index (κ2) is 8.32. The molecule has 0 aliphatic carbocycles. The molecule has 0 spiro atoms. The van der Waals surface area contributed by atoms with E-state index in [4.69, 9.17) is 4.74 Å². The number of carbonyl (C=O) groups is 1. The molecule has 0 saturated carbocycles. The SMILES string of the molecule is CCCn1c(=NC(=O)CCc2ccccc2)sc2c(C)ccc(OC)c21. The van der Waals surface area contributed by atoms with Crippen molar-refractivity contribution in [2.45, 2.75) is 39.7 Å². The second-order valence-corrected chi connectivity index (χ2v) is 7.27. The van der Waals surface area contributed by atoms with Gasteiger partial charge in [-0.1, -0.05) is 54.7 Å². The van der Waals surface area contributed by atoms with Crippen molar-refractivity contribution in [1.29, 1.82) is 0 Å². The molecule has 0 atom stereocenters. The van der Waals surface area contributed by atoms with Crippen molar-refractivity contribution in [2.24, 2.45) is 4.99 Å². The smallest absolute Gasteiger partial charge is 0.248 e. The molecule has 3 rings (SSSR count). The van der Waals surface area contributed by atoms with E-state index in [0.29, 0.717) is 12.8 Å². The highest BCUT2D eigenvalue weighted by molar-refractivity contribution is 7.16. The summed E-state index contributed by atoms with van der Waals surface area (Å²) in [6.45, 7) is 5.01. The normalized spacial score (nSPS) is 11.9. The Labute approximate surface area is 157 Å². The minimum Gasteiger partial charge on any atom is -0.495 e. The van der Waals surface area contributed by atoms with Crippen LogP contribution in [0.2, 0.25) is 0 Å². The highest BCUT2D eigenvalue weighted by Crippen LogP contribution is 2.30. The van der Waals surface area contributed by atoms with Gasteiger partial charge in [-0.25, -0.2) is 0 Å². The molecule has 3 aromatic rings. The van der Waals surface area contributed by atoms with Crippen LogP contribution < -0.4 is 9.54 Å². The summed E-state index contributed by atoms with van der Waals surface area (Å²) in [5.41, 5.74) is 3.37. The first-order chi connectivity index (χ1) is 12.6. The third kappa shape index (κ3) is 3.88. The number of hydrogen-bond acceptors (Lipinski definition) is 3. The maximum absolute atomic E-state index is 12.5. The maximum Gasteiger partial charge on any atom is 0.248 e. The average Bonchev–Trinajstić information content (AvgIpc) is 3.01. The highest BCUT2D eigenvalue weighted by Gasteiger charge is 2.14. The van der Waals surface area contributed by atoms with Gasteiger partial charge in [0.25, 0.3) is 0 Å². The first-order valence-electron chi connectivity index (χ1n) is 8.92. The predicted octanol–water partition coefficient (Wildman–Crippen LogP) is 4.49. The Morgan fingerprint density at radius 2 is 1.96 bits per heavy atom. The van der Waals surface area contributed by atoms with Gasteiger partial charge in [0.15, 0.2) is 4.80 Å². The number of thiazole rings is 1. The Bertz CT molecular complexity index is 971. The van der Waals surface area contributed by atoms with Crippen molar-refractivity contribution >= 4 is 27.5 Å². The first kappa shape index (κ1) is 18.4. The molecule has 0 N–H and O–H groups in total. The number of fused-ring (bicyclic) bond motifs is 1. The number of hydrogen-bond donors (Lipinski definition) is 0. The van der Waals surface area contributed by atoms with Crippen molar-refractivity contribution in [3.63, 3.8) is 0 Å². The van der Waals surface area contributed by atoms with Crippen LogP contribution in [-0.4, -0.2) is 17.6 Å². The molecule has 1 heterocycles. The van der Waals surface area contributed by atoms with Crippen LogP contribution in [0.25, 0.3) is 10.2 Å².